The van der Waals surface area contributed by atoms with Crippen molar-refractivity contribution in [3.63, 3.8) is 0 Å². The van der Waals surface area contributed by atoms with Gasteiger partial charge in [0.15, 0.2) is 0 Å². The van der Waals surface area contributed by atoms with Gasteiger partial charge >= 0.3 is 11.9 Å². The Kier molecular flexibility index (Phi) is 13.8. The second-order valence-corrected chi connectivity index (χ2v) is 6.98. The molecule has 22 heavy (non-hydrogen) atoms. The van der Waals surface area contributed by atoms with E-state index in [1.54, 1.807) is 0 Å². The Bertz CT molecular complexity index is 277. The highest BCUT2D eigenvalue weighted by molar-refractivity contribution is 6.20. The zero-order valence-corrected chi connectivity index (χ0v) is 15.1. The molecule has 0 fully saturated rings. The van der Waals surface area contributed by atoms with E-state index in [0.717, 1.165) is 25.7 Å². The van der Waals surface area contributed by atoms with E-state index < -0.39 is 0 Å². The highest BCUT2D eigenvalue weighted by atomic mass is 35.5. The molecule has 4 nitrogen and oxygen atoms in total. The molecule has 2 atom stereocenters. The molecule has 0 heterocycles. The largest absolute Gasteiger partial charge is 0.466 e. The minimum atomic E-state index is -0.185. The molecule has 0 aromatic carbocycles. The summed E-state index contributed by atoms with van der Waals surface area (Å²) in [5.74, 6) is -0.370. The van der Waals surface area contributed by atoms with Gasteiger partial charge in [-0.15, -0.1) is 23.2 Å². The zero-order valence-electron chi connectivity index (χ0n) is 13.6. The Labute approximate surface area is 143 Å². The van der Waals surface area contributed by atoms with Gasteiger partial charge in [-0.1, -0.05) is 0 Å². The van der Waals surface area contributed by atoms with Gasteiger partial charge in [0.25, 0.3) is 0 Å². The van der Waals surface area contributed by atoms with Crippen LogP contribution in [0.4, 0.5) is 0 Å². The van der Waals surface area contributed by atoms with Crippen molar-refractivity contribution >= 4 is 35.1 Å². The molecule has 6 heteroatoms. The number of alkyl halides is 2. The smallest absolute Gasteiger partial charge is 0.305 e. The Morgan fingerprint density at radius 1 is 0.773 bits per heavy atom. The van der Waals surface area contributed by atoms with Gasteiger partial charge in [-0.3, -0.25) is 9.59 Å². The number of hydrogen-bond donors (Lipinski definition) is 0. The molecule has 0 saturated carbocycles. The van der Waals surface area contributed by atoms with Crippen LogP contribution < -0.4 is 0 Å². The maximum atomic E-state index is 11.3. The summed E-state index contributed by atoms with van der Waals surface area (Å²) in [5, 5.41) is 0.00539. The van der Waals surface area contributed by atoms with E-state index in [4.69, 9.17) is 32.7 Å². The third-order valence-electron chi connectivity index (χ3n) is 3.06. The van der Waals surface area contributed by atoms with Gasteiger partial charge in [-0.25, -0.2) is 0 Å². The van der Waals surface area contributed by atoms with Gasteiger partial charge in [0.2, 0.25) is 0 Å². The van der Waals surface area contributed by atoms with Crippen molar-refractivity contribution in [2.75, 3.05) is 13.2 Å². The van der Waals surface area contributed by atoms with Crippen LogP contribution in [0.3, 0.4) is 0 Å². The summed E-state index contributed by atoms with van der Waals surface area (Å²) in [5.41, 5.74) is 0. The first-order valence-electron chi connectivity index (χ1n) is 8.01. The lowest BCUT2D eigenvalue weighted by Gasteiger charge is -2.07. The number of carbonyl (C=O) groups is 2. The predicted molar refractivity (Wildman–Crippen MR) is 89.5 cm³/mol. The average molecular weight is 355 g/mol. The lowest BCUT2D eigenvalue weighted by Crippen LogP contribution is -2.08. The molecule has 130 valence electrons. The topological polar surface area (TPSA) is 52.6 Å². The monoisotopic (exact) mass is 354 g/mol. The van der Waals surface area contributed by atoms with E-state index in [1.807, 2.05) is 13.8 Å². The summed E-state index contributed by atoms with van der Waals surface area (Å²) in [6.45, 7) is 4.61. The number of unbranched alkanes of at least 4 members (excludes halogenated alkanes) is 3. The number of carbonyl (C=O) groups excluding carboxylic acids is 2. The summed E-state index contributed by atoms with van der Waals surface area (Å²) in [4.78, 5) is 22.6. The van der Waals surface area contributed by atoms with E-state index in [-0.39, 0.29) is 22.7 Å². The summed E-state index contributed by atoms with van der Waals surface area (Å²) >= 11 is 11.5. The lowest BCUT2D eigenvalue weighted by molar-refractivity contribution is -0.145. The second kappa shape index (κ2) is 14.1. The number of rotatable bonds is 13. The summed E-state index contributed by atoms with van der Waals surface area (Å²) in [7, 11) is 0. The highest BCUT2D eigenvalue weighted by Gasteiger charge is 2.06. The molecule has 0 aliphatic carbocycles. The number of esters is 2. The molecule has 0 N–H and O–H groups in total. The molecule has 0 aromatic heterocycles. The fourth-order valence-electron chi connectivity index (χ4n) is 1.71. The van der Waals surface area contributed by atoms with Gasteiger partial charge in [0.05, 0.1) is 13.2 Å². The fraction of sp³-hybridized carbons (Fsp3) is 0.875. The molecule has 0 spiro atoms. The molecule has 0 bridgehead atoms. The summed E-state index contributed by atoms with van der Waals surface area (Å²) in [6.07, 6.45) is 5.62. The molecule has 0 rings (SSSR count). The summed E-state index contributed by atoms with van der Waals surface area (Å²) in [6, 6.07) is 0. The predicted octanol–water partition coefficient (Wildman–Crippen LogP) is 4.45. The van der Waals surface area contributed by atoms with Crippen molar-refractivity contribution < 1.29 is 19.1 Å². The van der Waals surface area contributed by atoms with Crippen molar-refractivity contribution in [1.82, 2.24) is 0 Å². The van der Waals surface area contributed by atoms with Crippen molar-refractivity contribution in [1.29, 1.82) is 0 Å². The van der Waals surface area contributed by atoms with E-state index in [0.29, 0.717) is 38.9 Å². The van der Waals surface area contributed by atoms with E-state index in [1.165, 1.54) is 0 Å². The highest BCUT2D eigenvalue weighted by Crippen LogP contribution is 2.07. The van der Waals surface area contributed by atoms with Crippen LogP contribution >= 0.6 is 23.2 Å². The van der Waals surface area contributed by atoms with Crippen molar-refractivity contribution in [3.05, 3.63) is 0 Å². The molecule has 0 aliphatic rings. The van der Waals surface area contributed by atoms with Crippen LogP contribution in [0.2, 0.25) is 0 Å². The van der Waals surface area contributed by atoms with Crippen LogP contribution in [0.1, 0.15) is 65.2 Å². The first kappa shape index (κ1) is 21.5. The van der Waals surface area contributed by atoms with Crippen molar-refractivity contribution in [3.8, 4) is 0 Å². The lowest BCUT2D eigenvalue weighted by atomic mass is 10.2. The van der Waals surface area contributed by atoms with Gasteiger partial charge in [-0.05, 0) is 52.4 Å². The Balaban J connectivity index is 3.30. The van der Waals surface area contributed by atoms with Crippen LogP contribution in [0, 0.1) is 0 Å². The average Bonchev–Trinajstić information content (AvgIpc) is 2.45. The van der Waals surface area contributed by atoms with Gasteiger partial charge in [0, 0.05) is 23.6 Å². The first-order valence-corrected chi connectivity index (χ1v) is 8.88. The first-order chi connectivity index (χ1) is 10.4. The third-order valence-corrected chi connectivity index (χ3v) is 3.49. The van der Waals surface area contributed by atoms with Gasteiger partial charge in [-0.2, -0.15) is 0 Å². The fourth-order valence-corrected chi connectivity index (χ4v) is 1.93. The van der Waals surface area contributed by atoms with Crippen LogP contribution in [0.5, 0.6) is 0 Å². The number of halogens is 2. The van der Waals surface area contributed by atoms with E-state index >= 15 is 0 Å². The molecule has 0 saturated heterocycles. The minimum absolute atomic E-state index is 0.00269. The quantitative estimate of drug-likeness (QED) is 0.278. The molecule has 0 radical (unpaired) electrons. The van der Waals surface area contributed by atoms with Gasteiger partial charge < -0.3 is 9.47 Å². The minimum Gasteiger partial charge on any atom is -0.466 e. The molecule has 0 amide bonds. The maximum absolute atomic E-state index is 11.3. The van der Waals surface area contributed by atoms with Crippen LogP contribution in [-0.4, -0.2) is 35.9 Å². The summed E-state index contributed by atoms with van der Waals surface area (Å²) < 4.78 is 10.2. The van der Waals surface area contributed by atoms with Crippen LogP contribution in [-0.2, 0) is 19.1 Å². The second-order valence-electron chi connectivity index (χ2n) is 5.49. The number of hydrogen-bond acceptors (Lipinski definition) is 4. The van der Waals surface area contributed by atoms with Gasteiger partial charge in [0.1, 0.15) is 0 Å². The SMILES string of the molecule is CC(Cl)CCC(=O)OCCCCCCOC(=O)CCC(C)Cl. The maximum Gasteiger partial charge on any atom is 0.305 e. The Morgan fingerprint density at radius 2 is 1.14 bits per heavy atom. The Hall–Kier alpha value is -0.480. The Morgan fingerprint density at radius 3 is 1.45 bits per heavy atom. The molecule has 2 unspecified atom stereocenters. The van der Waals surface area contributed by atoms with E-state index in [9.17, 15) is 9.59 Å². The zero-order chi connectivity index (χ0) is 16.8. The van der Waals surface area contributed by atoms with Crippen LogP contribution in [0.15, 0.2) is 0 Å². The number of ether oxygens (including phenoxy) is 2. The van der Waals surface area contributed by atoms with Crippen molar-refractivity contribution in [2.45, 2.75) is 76.0 Å². The van der Waals surface area contributed by atoms with Crippen LogP contribution in [0.25, 0.3) is 0 Å². The van der Waals surface area contributed by atoms with E-state index in [2.05, 4.69) is 0 Å². The normalized spacial score (nSPS) is 13.5. The molecule has 0 aromatic rings. The standard InChI is InChI=1S/C16H28Cl2O4/c1-13(17)7-9-15(19)21-11-5-3-4-6-12-22-16(20)10-8-14(2)18/h13-14H,3-12H2,1-2H3. The molecule has 0 aliphatic heterocycles. The third kappa shape index (κ3) is 15.9. The molecular formula is C16H28Cl2O4. The van der Waals surface area contributed by atoms with Crippen molar-refractivity contribution in [2.24, 2.45) is 0 Å². The molecular weight excluding hydrogens is 327 g/mol.